The van der Waals surface area contributed by atoms with E-state index >= 15 is 0 Å². The van der Waals surface area contributed by atoms with Crippen molar-refractivity contribution in [2.45, 2.75) is 26.9 Å². The summed E-state index contributed by atoms with van der Waals surface area (Å²) in [6.07, 6.45) is -0.611. The van der Waals surface area contributed by atoms with E-state index in [2.05, 4.69) is 31.9 Å². The average molecular weight is 362 g/mol. The Kier molecular flexibility index (Phi) is 3.40. The van der Waals surface area contributed by atoms with E-state index in [-0.39, 0.29) is 5.41 Å². The lowest BCUT2D eigenvalue weighted by Crippen LogP contribution is -2.16. The predicted octanol–water partition coefficient (Wildman–Crippen LogP) is 5.04. The van der Waals surface area contributed by atoms with Crippen LogP contribution in [-0.2, 0) is 0 Å². The van der Waals surface area contributed by atoms with E-state index in [1.165, 1.54) is 0 Å². The van der Waals surface area contributed by atoms with Gasteiger partial charge in [0.15, 0.2) is 0 Å². The molecule has 1 aromatic heterocycles. The zero-order chi connectivity index (χ0) is 12.8. The summed E-state index contributed by atoms with van der Waals surface area (Å²) in [7, 11) is 0. The maximum atomic E-state index is 10.2. The number of hydrogen-bond acceptors (Lipinski definition) is 2. The zero-order valence-electron chi connectivity index (χ0n) is 9.92. The monoisotopic (exact) mass is 360 g/mol. The smallest absolute Gasteiger partial charge is 0.148 e. The van der Waals surface area contributed by atoms with E-state index in [1.54, 1.807) is 0 Å². The average Bonchev–Trinajstić information content (AvgIpc) is 2.58. The minimum Gasteiger partial charge on any atom is -0.457 e. The summed E-state index contributed by atoms with van der Waals surface area (Å²) < 4.78 is 7.59. The Hall–Kier alpha value is -0.320. The van der Waals surface area contributed by atoms with Crippen molar-refractivity contribution in [2.24, 2.45) is 5.41 Å². The lowest BCUT2D eigenvalue weighted by atomic mass is 9.88. The predicted molar refractivity (Wildman–Crippen MR) is 76.0 cm³/mol. The van der Waals surface area contributed by atoms with Crippen molar-refractivity contribution in [1.29, 1.82) is 0 Å². The van der Waals surface area contributed by atoms with Crippen LogP contribution in [0.15, 0.2) is 31.6 Å². The van der Waals surface area contributed by atoms with Crippen molar-refractivity contribution in [3.63, 3.8) is 0 Å². The van der Waals surface area contributed by atoms with Gasteiger partial charge in [-0.2, -0.15) is 0 Å². The normalized spacial score (nSPS) is 14.2. The molecular formula is C13H14Br2O2. The summed E-state index contributed by atoms with van der Waals surface area (Å²) >= 11 is 6.89. The second kappa shape index (κ2) is 4.41. The molecule has 0 amide bonds. The molecule has 2 nitrogen and oxygen atoms in total. The van der Waals surface area contributed by atoms with Gasteiger partial charge in [-0.05, 0) is 39.5 Å². The van der Waals surface area contributed by atoms with Crippen LogP contribution < -0.4 is 0 Å². The summed E-state index contributed by atoms with van der Waals surface area (Å²) in [5.74, 6) is 0.603. The van der Waals surface area contributed by atoms with Crippen molar-refractivity contribution >= 4 is 42.8 Å². The van der Waals surface area contributed by atoms with Gasteiger partial charge in [0.1, 0.15) is 17.4 Å². The number of fused-ring (bicyclic) bond motifs is 1. The van der Waals surface area contributed by atoms with Crippen molar-refractivity contribution in [2.75, 3.05) is 0 Å². The fourth-order valence-corrected chi connectivity index (χ4v) is 3.00. The minimum atomic E-state index is -0.611. The molecule has 17 heavy (non-hydrogen) atoms. The van der Waals surface area contributed by atoms with Crippen LogP contribution in [0.4, 0.5) is 0 Å². The second-order valence-electron chi connectivity index (χ2n) is 5.22. The standard InChI is InChI=1S/C13H14Br2O2/c1-13(2,3)12(16)10-5-7-4-8(14)6-9(15)11(7)17-10/h4-6,12,16H,1-3H3. The molecule has 4 heteroatoms. The lowest BCUT2D eigenvalue weighted by molar-refractivity contribution is 0.0448. The van der Waals surface area contributed by atoms with Gasteiger partial charge in [-0.25, -0.2) is 0 Å². The molecule has 0 aliphatic heterocycles. The van der Waals surface area contributed by atoms with Crippen molar-refractivity contribution < 1.29 is 9.52 Å². The van der Waals surface area contributed by atoms with Gasteiger partial charge < -0.3 is 9.52 Å². The van der Waals surface area contributed by atoms with Gasteiger partial charge in [0.05, 0.1) is 4.47 Å². The van der Waals surface area contributed by atoms with Gasteiger partial charge in [-0.1, -0.05) is 36.7 Å². The van der Waals surface area contributed by atoms with Gasteiger partial charge in [0, 0.05) is 9.86 Å². The van der Waals surface area contributed by atoms with E-state index in [4.69, 9.17) is 4.42 Å². The van der Waals surface area contributed by atoms with Gasteiger partial charge in [0.2, 0.25) is 0 Å². The van der Waals surface area contributed by atoms with Crippen LogP contribution in [0.3, 0.4) is 0 Å². The molecule has 0 saturated heterocycles. The van der Waals surface area contributed by atoms with E-state index in [1.807, 2.05) is 39.0 Å². The minimum absolute atomic E-state index is 0.239. The number of aliphatic hydroxyl groups excluding tert-OH is 1. The first-order valence-electron chi connectivity index (χ1n) is 5.35. The molecule has 1 unspecified atom stereocenters. The number of furan rings is 1. The fourth-order valence-electron chi connectivity index (χ4n) is 1.66. The van der Waals surface area contributed by atoms with Crippen LogP contribution in [0.5, 0.6) is 0 Å². The van der Waals surface area contributed by atoms with Crippen LogP contribution in [0.2, 0.25) is 0 Å². The molecule has 0 aliphatic rings. The Morgan fingerprint density at radius 1 is 1.18 bits per heavy atom. The second-order valence-corrected chi connectivity index (χ2v) is 6.99. The number of aliphatic hydroxyl groups is 1. The highest BCUT2D eigenvalue weighted by Gasteiger charge is 2.27. The molecule has 0 spiro atoms. The molecule has 2 aromatic rings. The molecular weight excluding hydrogens is 348 g/mol. The SMILES string of the molecule is CC(C)(C)C(O)c1cc2cc(Br)cc(Br)c2o1. The molecule has 1 atom stereocenters. The Balaban J connectivity index is 2.56. The topological polar surface area (TPSA) is 33.4 Å². The third-order valence-corrected chi connectivity index (χ3v) is 3.69. The first-order chi connectivity index (χ1) is 7.79. The Morgan fingerprint density at radius 3 is 2.41 bits per heavy atom. The quantitative estimate of drug-likeness (QED) is 0.772. The van der Waals surface area contributed by atoms with Crippen molar-refractivity contribution in [3.8, 4) is 0 Å². The molecule has 1 N–H and O–H groups in total. The van der Waals surface area contributed by atoms with Crippen molar-refractivity contribution in [3.05, 3.63) is 32.9 Å². The van der Waals surface area contributed by atoms with E-state index in [0.717, 1.165) is 19.9 Å². The van der Waals surface area contributed by atoms with Gasteiger partial charge in [-0.15, -0.1) is 0 Å². The number of rotatable bonds is 1. The summed E-state index contributed by atoms with van der Waals surface area (Å²) in [6, 6.07) is 5.79. The number of benzene rings is 1. The first kappa shape index (κ1) is 13.1. The first-order valence-corrected chi connectivity index (χ1v) is 6.94. The van der Waals surface area contributed by atoms with Crippen LogP contribution in [0, 0.1) is 5.41 Å². The highest BCUT2D eigenvalue weighted by atomic mass is 79.9. The maximum absolute atomic E-state index is 10.2. The molecule has 1 heterocycles. The Morgan fingerprint density at radius 2 is 1.82 bits per heavy atom. The maximum Gasteiger partial charge on any atom is 0.148 e. The Labute approximate surface area is 117 Å². The summed E-state index contributed by atoms with van der Waals surface area (Å²) in [4.78, 5) is 0. The molecule has 0 bridgehead atoms. The van der Waals surface area contributed by atoms with Gasteiger partial charge >= 0.3 is 0 Å². The lowest BCUT2D eigenvalue weighted by Gasteiger charge is -2.23. The largest absolute Gasteiger partial charge is 0.457 e. The van der Waals surface area contributed by atoms with Crippen LogP contribution in [0.1, 0.15) is 32.6 Å². The van der Waals surface area contributed by atoms with Gasteiger partial charge in [-0.3, -0.25) is 0 Å². The van der Waals surface area contributed by atoms with Crippen LogP contribution in [0.25, 0.3) is 11.0 Å². The van der Waals surface area contributed by atoms with Gasteiger partial charge in [0.25, 0.3) is 0 Å². The number of hydrogen-bond donors (Lipinski definition) is 1. The zero-order valence-corrected chi connectivity index (χ0v) is 13.1. The van der Waals surface area contributed by atoms with E-state index < -0.39 is 6.10 Å². The molecule has 0 aliphatic carbocycles. The molecule has 0 saturated carbocycles. The fraction of sp³-hybridized carbons (Fsp3) is 0.385. The third kappa shape index (κ3) is 2.59. The van der Waals surface area contributed by atoms with Crippen LogP contribution >= 0.6 is 31.9 Å². The van der Waals surface area contributed by atoms with Crippen LogP contribution in [-0.4, -0.2) is 5.11 Å². The highest BCUT2D eigenvalue weighted by Crippen LogP contribution is 2.38. The third-order valence-electron chi connectivity index (χ3n) is 2.64. The van der Waals surface area contributed by atoms with Crippen molar-refractivity contribution in [1.82, 2.24) is 0 Å². The highest BCUT2D eigenvalue weighted by molar-refractivity contribution is 9.11. The number of halogens is 2. The summed E-state index contributed by atoms with van der Waals surface area (Å²) in [6.45, 7) is 5.95. The molecule has 92 valence electrons. The van der Waals surface area contributed by atoms with E-state index in [0.29, 0.717) is 5.76 Å². The van der Waals surface area contributed by atoms with E-state index in [9.17, 15) is 5.11 Å². The Bertz CT molecular complexity index is 552. The summed E-state index contributed by atoms with van der Waals surface area (Å²) in [5, 5.41) is 11.2. The molecule has 2 rings (SSSR count). The summed E-state index contributed by atoms with van der Waals surface area (Å²) in [5.41, 5.74) is 0.531. The molecule has 0 radical (unpaired) electrons. The molecule has 1 aromatic carbocycles. The molecule has 0 fully saturated rings.